The van der Waals surface area contributed by atoms with Crippen LogP contribution in [0.4, 0.5) is 4.79 Å². The number of H-pyrrole nitrogens is 1. The van der Waals surface area contributed by atoms with Crippen LogP contribution in [-0.4, -0.2) is 33.1 Å². The number of piperidine rings is 1. The predicted octanol–water partition coefficient (Wildman–Crippen LogP) is 3.48. The van der Waals surface area contributed by atoms with E-state index in [1.807, 2.05) is 20.8 Å². The van der Waals surface area contributed by atoms with Gasteiger partial charge in [0, 0.05) is 6.54 Å². The summed E-state index contributed by atoms with van der Waals surface area (Å²) in [6, 6.07) is 0.00659. The average Bonchev–Trinajstić information content (AvgIpc) is 2.73. The standard InChI is InChI=1S/C13H20IN3O2/c1-13(2,3)19-12(18)17-7-5-4-6-9(17)11-15-8-10(14)16-11/h8-9H,4-7H2,1-3H3,(H,15,16)/t9-/m0/s1. The van der Waals surface area contributed by atoms with Crippen LogP contribution in [-0.2, 0) is 4.74 Å². The van der Waals surface area contributed by atoms with Crippen LogP contribution >= 0.6 is 22.6 Å². The Labute approximate surface area is 127 Å². The van der Waals surface area contributed by atoms with Gasteiger partial charge in [0.25, 0.3) is 0 Å². The molecule has 1 aliphatic heterocycles. The van der Waals surface area contributed by atoms with Crippen LogP contribution in [0.5, 0.6) is 0 Å². The Morgan fingerprint density at radius 2 is 2.26 bits per heavy atom. The molecule has 1 atom stereocenters. The molecule has 1 N–H and O–H groups in total. The number of aromatic amines is 1. The van der Waals surface area contributed by atoms with E-state index in [1.54, 1.807) is 11.1 Å². The van der Waals surface area contributed by atoms with Crippen molar-refractivity contribution in [2.24, 2.45) is 0 Å². The number of aromatic nitrogens is 2. The SMILES string of the molecule is CC(C)(C)OC(=O)N1CCCC[C@H]1c1ncc(I)[nH]1. The van der Waals surface area contributed by atoms with E-state index in [0.29, 0.717) is 0 Å². The van der Waals surface area contributed by atoms with Crippen molar-refractivity contribution in [3.05, 3.63) is 15.7 Å². The number of carbonyl (C=O) groups is 1. The zero-order valence-corrected chi connectivity index (χ0v) is 13.7. The minimum atomic E-state index is -0.462. The van der Waals surface area contributed by atoms with Crippen molar-refractivity contribution < 1.29 is 9.53 Å². The molecule has 5 nitrogen and oxygen atoms in total. The summed E-state index contributed by atoms with van der Waals surface area (Å²) in [4.78, 5) is 21.6. The Hall–Kier alpha value is -0.790. The van der Waals surface area contributed by atoms with Crippen LogP contribution in [0, 0.1) is 3.70 Å². The Kier molecular flexibility index (Phi) is 4.37. The molecule has 19 heavy (non-hydrogen) atoms. The van der Waals surface area contributed by atoms with Gasteiger partial charge < -0.3 is 9.72 Å². The lowest BCUT2D eigenvalue weighted by molar-refractivity contribution is 0.00853. The third kappa shape index (κ3) is 3.84. The summed E-state index contributed by atoms with van der Waals surface area (Å²) in [6.07, 6.45) is 4.61. The lowest BCUT2D eigenvalue weighted by Crippen LogP contribution is -2.42. The Morgan fingerprint density at radius 1 is 1.53 bits per heavy atom. The maximum Gasteiger partial charge on any atom is 0.410 e. The van der Waals surface area contributed by atoms with E-state index in [0.717, 1.165) is 35.3 Å². The van der Waals surface area contributed by atoms with Gasteiger partial charge >= 0.3 is 6.09 Å². The van der Waals surface area contributed by atoms with Crippen molar-refractivity contribution in [1.29, 1.82) is 0 Å². The predicted molar refractivity (Wildman–Crippen MR) is 80.8 cm³/mol. The number of hydrogen-bond donors (Lipinski definition) is 1. The quantitative estimate of drug-likeness (QED) is 0.763. The fourth-order valence-corrected chi connectivity index (χ4v) is 2.65. The van der Waals surface area contributed by atoms with Crippen molar-refractivity contribution in [3.63, 3.8) is 0 Å². The van der Waals surface area contributed by atoms with E-state index in [1.165, 1.54) is 0 Å². The van der Waals surface area contributed by atoms with Gasteiger partial charge in [-0.2, -0.15) is 0 Å². The van der Waals surface area contributed by atoms with Gasteiger partial charge in [-0.05, 0) is 62.6 Å². The van der Waals surface area contributed by atoms with Crippen LogP contribution in [0.25, 0.3) is 0 Å². The van der Waals surface area contributed by atoms with E-state index >= 15 is 0 Å². The highest BCUT2D eigenvalue weighted by atomic mass is 127. The molecular weight excluding hydrogens is 357 g/mol. The monoisotopic (exact) mass is 377 g/mol. The molecule has 2 heterocycles. The number of nitrogens with zero attached hydrogens (tertiary/aromatic N) is 2. The largest absolute Gasteiger partial charge is 0.444 e. The first kappa shape index (κ1) is 14.6. The number of likely N-dealkylation sites (tertiary alicyclic amines) is 1. The minimum absolute atomic E-state index is 0.00659. The van der Waals surface area contributed by atoms with Gasteiger partial charge in [0.2, 0.25) is 0 Å². The summed E-state index contributed by atoms with van der Waals surface area (Å²) < 4.78 is 6.47. The maximum atomic E-state index is 12.3. The number of hydrogen-bond acceptors (Lipinski definition) is 3. The van der Waals surface area contributed by atoms with Crippen molar-refractivity contribution in [2.45, 2.75) is 51.7 Å². The summed E-state index contributed by atoms with van der Waals surface area (Å²) in [5.74, 6) is 0.856. The molecule has 1 aliphatic rings. The van der Waals surface area contributed by atoms with Gasteiger partial charge in [-0.15, -0.1) is 0 Å². The van der Waals surface area contributed by atoms with Crippen LogP contribution in [0.1, 0.15) is 51.9 Å². The summed E-state index contributed by atoms with van der Waals surface area (Å²) >= 11 is 2.19. The zero-order valence-electron chi connectivity index (χ0n) is 11.6. The molecule has 6 heteroatoms. The molecule has 0 unspecified atom stereocenters. The molecule has 0 spiro atoms. The number of ether oxygens (including phenoxy) is 1. The maximum absolute atomic E-state index is 12.3. The van der Waals surface area contributed by atoms with E-state index in [4.69, 9.17) is 4.74 Å². The summed E-state index contributed by atoms with van der Waals surface area (Å²) in [5, 5.41) is 0. The highest BCUT2D eigenvalue weighted by Gasteiger charge is 2.32. The summed E-state index contributed by atoms with van der Waals surface area (Å²) in [7, 11) is 0. The van der Waals surface area contributed by atoms with Crippen LogP contribution in [0.3, 0.4) is 0 Å². The Balaban J connectivity index is 2.14. The number of amides is 1. The molecule has 106 valence electrons. The first-order valence-corrected chi connectivity index (χ1v) is 7.65. The van der Waals surface area contributed by atoms with Crippen molar-refractivity contribution in [1.82, 2.24) is 14.9 Å². The summed E-state index contributed by atoms with van der Waals surface area (Å²) in [5.41, 5.74) is -0.462. The van der Waals surface area contributed by atoms with Gasteiger partial charge in [0.15, 0.2) is 0 Å². The van der Waals surface area contributed by atoms with Crippen molar-refractivity contribution in [2.75, 3.05) is 6.54 Å². The molecule has 1 aromatic heterocycles. The first-order valence-electron chi connectivity index (χ1n) is 6.57. The smallest absolute Gasteiger partial charge is 0.410 e. The Morgan fingerprint density at radius 3 is 2.84 bits per heavy atom. The molecule has 0 aliphatic carbocycles. The molecular formula is C13H20IN3O2. The van der Waals surface area contributed by atoms with Crippen molar-refractivity contribution >= 4 is 28.7 Å². The fourth-order valence-electron chi connectivity index (χ4n) is 2.24. The number of carbonyl (C=O) groups excluding carboxylic acids is 1. The number of rotatable bonds is 1. The zero-order chi connectivity index (χ0) is 14.0. The van der Waals surface area contributed by atoms with E-state index in [2.05, 4.69) is 32.6 Å². The minimum Gasteiger partial charge on any atom is -0.444 e. The van der Waals surface area contributed by atoms with Gasteiger partial charge in [0.1, 0.15) is 11.4 Å². The van der Waals surface area contributed by atoms with Crippen LogP contribution in [0.15, 0.2) is 6.20 Å². The summed E-state index contributed by atoms with van der Waals surface area (Å²) in [6.45, 7) is 6.40. The normalized spacial score (nSPS) is 20.4. The van der Waals surface area contributed by atoms with E-state index in [-0.39, 0.29) is 12.1 Å². The molecule has 1 saturated heterocycles. The fraction of sp³-hybridized carbons (Fsp3) is 0.692. The Bertz CT molecular complexity index is 453. The van der Waals surface area contributed by atoms with Gasteiger partial charge in [0.05, 0.1) is 15.9 Å². The molecule has 1 amide bonds. The van der Waals surface area contributed by atoms with Gasteiger partial charge in [-0.25, -0.2) is 9.78 Å². The number of halogens is 1. The third-order valence-electron chi connectivity index (χ3n) is 3.01. The number of imidazole rings is 1. The first-order chi connectivity index (χ1) is 8.87. The van der Waals surface area contributed by atoms with E-state index < -0.39 is 5.60 Å². The molecule has 1 aromatic rings. The van der Waals surface area contributed by atoms with Gasteiger partial charge in [-0.3, -0.25) is 4.90 Å². The number of nitrogens with one attached hydrogen (secondary N) is 1. The molecule has 1 fully saturated rings. The average molecular weight is 377 g/mol. The molecule has 2 rings (SSSR count). The second-order valence-corrected chi connectivity index (χ2v) is 6.96. The lowest BCUT2D eigenvalue weighted by Gasteiger charge is -2.35. The topological polar surface area (TPSA) is 58.2 Å². The van der Waals surface area contributed by atoms with Gasteiger partial charge in [-0.1, -0.05) is 0 Å². The molecule has 0 bridgehead atoms. The molecule has 0 radical (unpaired) electrons. The van der Waals surface area contributed by atoms with Crippen LogP contribution < -0.4 is 0 Å². The highest BCUT2D eigenvalue weighted by molar-refractivity contribution is 14.1. The molecule has 0 saturated carbocycles. The van der Waals surface area contributed by atoms with Crippen LogP contribution in [0.2, 0.25) is 0 Å². The molecule has 0 aromatic carbocycles. The second kappa shape index (κ2) is 5.68. The lowest BCUT2D eigenvalue weighted by atomic mass is 10.0. The van der Waals surface area contributed by atoms with E-state index in [9.17, 15) is 4.79 Å². The highest BCUT2D eigenvalue weighted by Crippen LogP contribution is 2.30. The third-order valence-corrected chi connectivity index (χ3v) is 3.56. The van der Waals surface area contributed by atoms with Crippen molar-refractivity contribution in [3.8, 4) is 0 Å². The second-order valence-electron chi connectivity index (χ2n) is 5.80.